The van der Waals surface area contributed by atoms with Crippen molar-refractivity contribution in [1.82, 2.24) is 20.4 Å². The Bertz CT molecular complexity index is 1040. The molecule has 1 N–H and O–H groups in total. The molecule has 2 amide bonds. The summed E-state index contributed by atoms with van der Waals surface area (Å²) in [6.45, 7) is 3.01. The summed E-state index contributed by atoms with van der Waals surface area (Å²) in [7, 11) is 0. The molecule has 1 aliphatic heterocycles. The predicted octanol–water partition coefficient (Wildman–Crippen LogP) is 3.31. The number of likely N-dealkylation sites (tertiary alicyclic amines) is 1. The van der Waals surface area contributed by atoms with E-state index >= 15 is 0 Å². The van der Waals surface area contributed by atoms with Gasteiger partial charge in [-0.3, -0.25) is 9.59 Å². The quantitative estimate of drug-likeness (QED) is 0.601. The second kappa shape index (κ2) is 8.65. The molecular weight excluding hydrogens is 388 g/mol. The Kier molecular flexibility index (Phi) is 5.80. The van der Waals surface area contributed by atoms with Crippen molar-refractivity contribution < 1.29 is 14.0 Å². The maximum atomic E-state index is 12.3. The number of rotatable bonds is 7. The number of amides is 2. The van der Waals surface area contributed by atoms with Crippen LogP contribution in [0.1, 0.15) is 37.3 Å². The van der Waals surface area contributed by atoms with Crippen LogP contribution in [0.15, 0.2) is 52.1 Å². The molecular formula is C21H22N4O3S. The van der Waals surface area contributed by atoms with E-state index in [9.17, 15) is 9.59 Å². The average Bonchev–Trinajstić information content (AvgIpc) is 3.35. The highest BCUT2D eigenvalue weighted by molar-refractivity contribution is 7.99. The van der Waals surface area contributed by atoms with Crippen molar-refractivity contribution >= 4 is 34.3 Å². The fourth-order valence-corrected chi connectivity index (χ4v) is 3.96. The van der Waals surface area contributed by atoms with Gasteiger partial charge in [0.15, 0.2) is 0 Å². The van der Waals surface area contributed by atoms with Crippen LogP contribution in [0.4, 0.5) is 0 Å². The van der Waals surface area contributed by atoms with Crippen molar-refractivity contribution in [3.63, 3.8) is 0 Å². The van der Waals surface area contributed by atoms with Crippen LogP contribution in [0.2, 0.25) is 0 Å². The van der Waals surface area contributed by atoms with Gasteiger partial charge >= 0.3 is 0 Å². The molecule has 7 nitrogen and oxygen atoms in total. The molecule has 3 aromatic rings. The van der Waals surface area contributed by atoms with E-state index in [1.165, 1.54) is 17.1 Å². The minimum atomic E-state index is -0.106. The number of aromatic nitrogens is 2. The molecule has 4 rings (SSSR count). The monoisotopic (exact) mass is 410 g/mol. The average molecular weight is 410 g/mol. The van der Waals surface area contributed by atoms with Crippen LogP contribution in [0.25, 0.3) is 10.8 Å². The number of nitrogens with zero attached hydrogens (tertiary/aromatic N) is 3. The molecule has 150 valence electrons. The molecule has 1 fully saturated rings. The maximum absolute atomic E-state index is 12.3. The Balaban J connectivity index is 1.28. The first kappa shape index (κ1) is 19.4. The topological polar surface area (TPSA) is 88.3 Å². The summed E-state index contributed by atoms with van der Waals surface area (Å²) in [6.07, 6.45) is 1.44. The minimum Gasteiger partial charge on any atom is -0.414 e. The van der Waals surface area contributed by atoms with Gasteiger partial charge in [-0.1, -0.05) is 48.2 Å². The lowest BCUT2D eigenvalue weighted by atomic mass is 10.0. The number of hydrogen-bond acceptors (Lipinski definition) is 6. The second-order valence-electron chi connectivity index (χ2n) is 7.07. The summed E-state index contributed by atoms with van der Waals surface area (Å²) < 4.78 is 5.55. The molecule has 0 saturated carbocycles. The molecule has 1 atom stereocenters. The molecule has 1 saturated heterocycles. The summed E-state index contributed by atoms with van der Waals surface area (Å²) in [4.78, 5) is 25.7. The predicted molar refractivity (Wildman–Crippen MR) is 110 cm³/mol. The molecule has 2 aromatic carbocycles. The van der Waals surface area contributed by atoms with Gasteiger partial charge in [-0.25, -0.2) is 0 Å². The number of carbonyl (C=O) groups is 2. The number of carbonyl (C=O) groups excluding carboxylic acids is 2. The number of nitrogens with one attached hydrogen (secondary N) is 1. The van der Waals surface area contributed by atoms with Gasteiger partial charge in [0.25, 0.3) is 5.22 Å². The van der Waals surface area contributed by atoms with Crippen LogP contribution >= 0.6 is 11.8 Å². The van der Waals surface area contributed by atoms with Gasteiger partial charge in [0, 0.05) is 13.0 Å². The smallest absolute Gasteiger partial charge is 0.277 e. The fourth-order valence-electron chi connectivity index (χ4n) is 3.37. The zero-order valence-electron chi connectivity index (χ0n) is 16.1. The summed E-state index contributed by atoms with van der Waals surface area (Å²) in [5.41, 5.74) is 1.05. The van der Waals surface area contributed by atoms with Crippen molar-refractivity contribution in [2.24, 2.45) is 0 Å². The maximum Gasteiger partial charge on any atom is 0.277 e. The first-order valence-electron chi connectivity index (χ1n) is 9.59. The van der Waals surface area contributed by atoms with E-state index in [1.54, 1.807) is 4.90 Å². The largest absolute Gasteiger partial charge is 0.414 e. The van der Waals surface area contributed by atoms with Gasteiger partial charge in [0.2, 0.25) is 17.7 Å². The lowest BCUT2D eigenvalue weighted by Crippen LogP contribution is -2.28. The third-order valence-electron chi connectivity index (χ3n) is 4.92. The van der Waals surface area contributed by atoms with E-state index in [4.69, 9.17) is 4.42 Å². The SMILES string of the molecule is CC(NC(=O)CSc1nnc(CN2CCCC2=O)o1)c1ccc2ccccc2c1. The van der Waals surface area contributed by atoms with Gasteiger partial charge in [0.05, 0.1) is 18.3 Å². The highest BCUT2D eigenvalue weighted by Gasteiger charge is 2.22. The van der Waals surface area contributed by atoms with Crippen LogP contribution in [0.5, 0.6) is 0 Å². The number of thioether (sulfide) groups is 1. The lowest BCUT2D eigenvalue weighted by molar-refractivity contribution is -0.128. The Morgan fingerprint density at radius 2 is 2.07 bits per heavy atom. The van der Waals surface area contributed by atoms with E-state index in [-0.39, 0.29) is 23.6 Å². The van der Waals surface area contributed by atoms with Crippen molar-refractivity contribution in [3.8, 4) is 0 Å². The third kappa shape index (κ3) is 4.76. The van der Waals surface area contributed by atoms with Crippen molar-refractivity contribution in [2.45, 2.75) is 37.6 Å². The Morgan fingerprint density at radius 3 is 2.86 bits per heavy atom. The van der Waals surface area contributed by atoms with Crippen LogP contribution in [-0.4, -0.2) is 39.2 Å². The lowest BCUT2D eigenvalue weighted by Gasteiger charge is -2.14. The molecule has 8 heteroatoms. The minimum absolute atomic E-state index is 0.105. The molecule has 0 spiro atoms. The fraction of sp³-hybridized carbons (Fsp3) is 0.333. The van der Waals surface area contributed by atoms with Gasteiger partial charge in [-0.2, -0.15) is 0 Å². The Labute approximate surface area is 172 Å². The highest BCUT2D eigenvalue weighted by atomic mass is 32.2. The molecule has 0 bridgehead atoms. The van der Waals surface area contributed by atoms with Crippen molar-refractivity contribution in [3.05, 3.63) is 53.9 Å². The highest BCUT2D eigenvalue weighted by Crippen LogP contribution is 2.22. The number of benzene rings is 2. The van der Waals surface area contributed by atoms with E-state index < -0.39 is 0 Å². The van der Waals surface area contributed by atoms with Crippen molar-refractivity contribution in [1.29, 1.82) is 0 Å². The molecule has 29 heavy (non-hydrogen) atoms. The Morgan fingerprint density at radius 1 is 1.24 bits per heavy atom. The molecule has 1 aliphatic rings. The molecule has 1 aromatic heterocycles. The summed E-state index contributed by atoms with van der Waals surface area (Å²) in [5.74, 6) is 0.583. The Hall–Kier alpha value is -2.87. The van der Waals surface area contributed by atoms with Gasteiger partial charge < -0.3 is 14.6 Å². The van der Waals surface area contributed by atoms with Gasteiger partial charge in [0.1, 0.15) is 0 Å². The van der Waals surface area contributed by atoms with E-state index in [1.807, 2.05) is 25.1 Å². The van der Waals surface area contributed by atoms with E-state index in [2.05, 4.69) is 39.8 Å². The van der Waals surface area contributed by atoms with Gasteiger partial charge in [-0.15, -0.1) is 10.2 Å². The number of fused-ring (bicyclic) bond motifs is 1. The first-order valence-corrected chi connectivity index (χ1v) is 10.6. The second-order valence-corrected chi connectivity index (χ2v) is 7.99. The summed E-state index contributed by atoms with van der Waals surface area (Å²) in [6, 6.07) is 14.2. The number of hydrogen-bond donors (Lipinski definition) is 1. The zero-order chi connectivity index (χ0) is 20.2. The zero-order valence-corrected chi connectivity index (χ0v) is 16.9. The van der Waals surface area contributed by atoms with Crippen molar-refractivity contribution in [2.75, 3.05) is 12.3 Å². The van der Waals surface area contributed by atoms with E-state index in [0.717, 1.165) is 23.9 Å². The summed E-state index contributed by atoms with van der Waals surface area (Å²) >= 11 is 1.19. The standard InChI is InChI=1S/C21H22N4O3S/c1-14(16-9-8-15-5-2-3-6-17(15)11-16)22-18(26)13-29-21-24-23-19(28-21)12-25-10-4-7-20(25)27/h2-3,5-6,8-9,11,14H,4,7,10,12-13H2,1H3,(H,22,26). The van der Waals surface area contributed by atoms with Crippen LogP contribution < -0.4 is 5.32 Å². The third-order valence-corrected chi connectivity index (χ3v) is 5.74. The molecule has 1 unspecified atom stereocenters. The molecule has 0 radical (unpaired) electrons. The van der Waals surface area contributed by atoms with Crippen LogP contribution in [0.3, 0.4) is 0 Å². The first-order chi connectivity index (χ1) is 14.1. The summed E-state index contributed by atoms with van der Waals surface area (Å²) in [5, 5.41) is 13.6. The normalized spacial score (nSPS) is 15.1. The molecule has 2 heterocycles. The van der Waals surface area contributed by atoms with Gasteiger partial charge in [-0.05, 0) is 35.7 Å². The van der Waals surface area contributed by atoms with Crippen LogP contribution in [0, 0.1) is 0 Å². The molecule has 0 aliphatic carbocycles. The van der Waals surface area contributed by atoms with E-state index in [0.29, 0.717) is 24.1 Å². The van der Waals surface area contributed by atoms with Crippen LogP contribution in [-0.2, 0) is 16.1 Å².